The summed E-state index contributed by atoms with van der Waals surface area (Å²) in [7, 11) is -2.04. The lowest BCUT2D eigenvalue weighted by Gasteiger charge is -2.11. The molecule has 0 unspecified atom stereocenters. The molecule has 1 aromatic carbocycles. The van der Waals surface area contributed by atoms with E-state index in [1.807, 2.05) is 24.4 Å². The summed E-state index contributed by atoms with van der Waals surface area (Å²) in [6.45, 7) is 3.86. The molecule has 2 rings (SSSR count). The molecule has 0 aliphatic rings. The molecule has 0 spiro atoms. The number of nitrogens with one attached hydrogen (secondary N) is 3. The van der Waals surface area contributed by atoms with Crippen molar-refractivity contribution >= 4 is 51.3 Å². The number of halogens is 1. The third-order valence-electron chi connectivity index (χ3n) is 3.25. The van der Waals surface area contributed by atoms with Crippen LogP contribution < -0.4 is 15.4 Å². The van der Waals surface area contributed by atoms with Crippen LogP contribution in [0.25, 0.3) is 0 Å². The van der Waals surface area contributed by atoms with Crippen molar-refractivity contribution in [1.29, 1.82) is 0 Å². The van der Waals surface area contributed by atoms with Crippen molar-refractivity contribution in [2.75, 3.05) is 13.6 Å². The van der Waals surface area contributed by atoms with Gasteiger partial charge < -0.3 is 10.6 Å². The van der Waals surface area contributed by atoms with Gasteiger partial charge in [-0.2, -0.15) is 0 Å². The molecule has 0 amide bonds. The Morgan fingerprint density at radius 3 is 2.64 bits per heavy atom. The van der Waals surface area contributed by atoms with Crippen molar-refractivity contribution in [3.8, 4) is 0 Å². The standard InChI is InChI=1S/C16H22N4O2S2.HI/c1-3-18-16(20-12-14-7-5-9-23-14)19-11-13-6-4-8-15(10-13)24(21,22)17-2;/h4-10,17H,3,11-12H2,1-2H3,(H2,18,19,20);1H. The van der Waals surface area contributed by atoms with E-state index in [9.17, 15) is 8.42 Å². The van der Waals surface area contributed by atoms with Crippen LogP contribution in [-0.2, 0) is 23.1 Å². The SMILES string of the molecule is CCNC(=NCc1cccc(S(=O)(=O)NC)c1)NCc1cccs1.I. The fraction of sp³-hybridized carbons (Fsp3) is 0.312. The van der Waals surface area contributed by atoms with E-state index in [1.54, 1.807) is 29.5 Å². The first-order valence-electron chi connectivity index (χ1n) is 7.62. The molecule has 3 N–H and O–H groups in total. The first-order valence-corrected chi connectivity index (χ1v) is 9.98. The molecular weight excluding hydrogens is 471 g/mol. The quantitative estimate of drug-likeness (QED) is 0.314. The molecule has 0 aliphatic heterocycles. The number of rotatable bonds is 7. The van der Waals surface area contributed by atoms with Crippen LogP contribution in [0.3, 0.4) is 0 Å². The second-order valence-corrected chi connectivity index (χ2v) is 7.90. The normalized spacial score (nSPS) is 11.7. The van der Waals surface area contributed by atoms with E-state index in [4.69, 9.17) is 0 Å². The minimum absolute atomic E-state index is 0. The van der Waals surface area contributed by atoms with Gasteiger partial charge in [-0.3, -0.25) is 0 Å². The van der Waals surface area contributed by atoms with E-state index in [-0.39, 0.29) is 28.9 Å². The van der Waals surface area contributed by atoms with Gasteiger partial charge in [-0.05, 0) is 43.1 Å². The fourth-order valence-corrected chi connectivity index (χ4v) is 3.47. The van der Waals surface area contributed by atoms with Crippen molar-refractivity contribution in [3.63, 3.8) is 0 Å². The molecule has 6 nitrogen and oxygen atoms in total. The summed E-state index contributed by atoms with van der Waals surface area (Å²) in [5.41, 5.74) is 0.833. The molecular formula is C16H23IN4O2S2. The van der Waals surface area contributed by atoms with Gasteiger partial charge in [0, 0.05) is 11.4 Å². The second kappa shape index (κ2) is 10.7. The van der Waals surface area contributed by atoms with Crippen LogP contribution in [0.2, 0.25) is 0 Å². The van der Waals surface area contributed by atoms with Gasteiger partial charge in [0.05, 0.1) is 18.0 Å². The third kappa shape index (κ3) is 6.92. The third-order valence-corrected chi connectivity index (χ3v) is 5.54. The maximum Gasteiger partial charge on any atom is 0.240 e. The first-order chi connectivity index (χ1) is 11.5. The molecule has 0 saturated heterocycles. The molecule has 0 aliphatic carbocycles. The number of aliphatic imine (C=N–C) groups is 1. The molecule has 0 radical (unpaired) electrons. The zero-order valence-corrected chi connectivity index (χ0v) is 18.1. The lowest BCUT2D eigenvalue weighted by atomic mass is 10.2. The van der Waals surface area contributed by atoms with Crippen LogP contribution >= 0.6 is 35.3 Å². The highest BCUT2D eigenvalue weighted by Crippen LogP contribution is 2.12. The molecule has 0 atom stereocenters. The van der Waals surface area contributed by atoms with Crippen LogP contribution in [0.1, 0.15) is 17.4 Å². The molecule has 0 fully saturated rings. The Morgan fingerprint density at radius 1 is 1.20 bits per heavy atom. The predicted octanol–water partition coefficient (Wildman–Crippen LogP) is 2.53. The van der Waals surface area contributed by atoms with Crippen LogP contribution in [0.4, 0.5) is 0 Å². The predicted molar refractivity (Wildman–Crippen MR) is 114 cm³/mol. The highest BCUT2D eigenvalue weighted by atomic mass is 127. The Labute approximate surface area is 170 Å². The Kier molecular flexibility index (Phi) is 9.39. The summed E-state index contributed by atoms with van der Waals surface area (Å²) >= 11 is 1.69. The van der Waals surface area contributed by atoms with Crippen LogP contribution in [0, 0.1) is 0 Å². The van der Waals surface area contributed by atoms with Gasteiger partial charge in [-0.1, -0.05) is 18.2 Å². The highest BCUT2D eigenvalue weighted by Gasteiger charge is 2.11. The van der Waals surface area contributed by atoms with E-state index in [1.165, 1.54) is 11.9 Å². The van der Waals surface area contributed by atoms with Crippen molar-refractivity contribution in [2.24, 2.45) is 4.99 Å². The van der Waals surface area contributed by atoms with E-state index in [2.05, 4.69) is 26.4 Å². The Bertz CT molecular complexity index is 777. The molecule has 25 heavy (non-hydrogen) atoms. The summed E-state index contributed by atoms with van der Waals surface area (Å²) in [5.74, 6) is 0.702. The molecule has 0 bridgehead atoms. The Balaban J connectivity index is 0.00000312. The number of sulfonamides is 1. The lowest BCUT2D eigenvalue weighted by Crippen LogP contribution is -2.36. The van der Waals surface area contributed by atoms with Crippen LogP contribution in [-0.4, -0.2) is 28.0 Å². The number of guanidine groups is 1. The molecule has 1 heterocycles. The number of thiophene rings is 1. The Morgan fingerprint density at radius 2 is 2.00 bits per heavy atom. The zero-order valence-electron chi connectivity index (χ0n) is 14.2. The molecule has 0 saturated carbocycles. The van der Waals surface area contributed by atoms with Crippen molar-refractivity contribution in [3.05, 3.63) is 52.2 Å². The minimum atomic E-state index is -3.44. The number of nitrogens with zero attached hydrogens (tertiary/aromatic N) is 1. The largest absolute Gasteiger partial charge is 0.357 e. The number of hydrogen-bond donors (Lipinski definition) is 3. The van der Waals surface area contributed by atoms with Gasteiger partial charge in [-0.25, -0.2) is 18.1 Å². The van der Waals surface area contributed by atoms with Gasteiger partial charge in [0.2, 0.25) is 10.0 Å². The van der Waals surface area contributed by atoms with Gasteiger partial charge in [0.1, 0.15) is 0 Å². The summed E-state index contributed by atoms with van der Waals surface area (Å²) in [5, 5.41) is 8.49. The van der Waals surface area contributed by atoms with Gasteiger partial charge in [-0.15, -0.1) is 35.3 Å². The Hall–Kier alpha value is -1.17. The summed E-state index contributed by atoms with van der Waals surface area (Å²) in [4.78, 5) is 5.99. The maximum absolute atomic E-state index is 11.9. The smallest absolute Gasteiger partial charge is 0.240 e. The van der Waals surface area contributed by atoms with Crippen molar-refractivity contribution in [2.45, 2.75) is 24.9 Å². The van der Waals surface area contributed by atoms with Crippen LogP contribution in [0.5, 0.6) is 0 Å². The van der Waals surface area contributed by atoms with Crippen LogP contribution in [0.15, 0.2) is 51.7 Å². The van der Waals surface area contributed by atoms with Gasteiger partial charge in [0.15, 0.2) is 5.96 Å². The summed E-state index contributed by atoms with van der Waals surface area (Å²) in [6, 6.07) is 10.9. The average Bonchev–Trinajstić information content (AvgIpc) is 3.11. The van der Waals surface area contributed by atoms with Gasteiger partial charge >= 0.3 is 0 Å². The molecule has 9 heteroatoms. The molecule has 2 aromatic rings. The minimum Gasteiger partial charge on any atom is -0.357 e. The topological polar surface area (TPSA) is 82.6 Å². The number of benzene rings is 1. The highest BCUT2D eigenvalue weighted by molar-refractivity contribution is 14.0. The molecule has 1 aromatic heterocycles. The lowest BCUT2D eigenvalue weighted by molar-refractivity contribution is 0.588. The van der Waals surface area contributed by atoms with Crippen molar-refractivity contribution < 1.29 is 8.42 Å². The zero-order chi connectivity index (χ0) is 17.4. The fourth-order valence-electron chi connectivity index (χ4n) is 2.02. The molecule has 138 valence electrons. The summed E-state index contributed by atoms with van der Waals surface area (Å²) in [6.07, 6.45) is 0. The maximum atomic E-state index is 11.9. The van der Waals surface area contributed by atoms with E-state index in [0.29, 0.717) is 19.0 Å². The van der Waals surface area contributed by atoms with Crippen molar-refractivity contribution in [1.82, 2.24) is 15.4 Å². The van der Waals surface area contributed by atoms with Gasteiger partial charge in [0.25, 0.3) is 0 Å². The summed E-state index contributed by atoms with van der Waals surface area (Å²) < 4.78 is 26.0. The van der Waals surface area contributed by atoms with E-state index < -0.39 is 10.0 Å². The number of hydrogen-bond acceptors (Lipinski definition) is 4. The van der Waals surface area contributed by atoms with E-state index in [0.717, 1.165) is 12.1 Å². The van der Waals surface area contributed by atoms with E-state index >= 15 is 0 Å². The second-order valence-electron chi connectivity index (χ2n) is 4.98. The monoisotopic (exact) mass is 494 g/mol. The first kappa shape index (κ1) is 21.9. The average molecular weight is 494 g/mol.